The van der Waals surface area contributed by atoms with Crippen molar-refractivity contribution < 1.29 is 115 Å². The van der Waals surface area contributed by atoms with Gasteiger partial charge in [0.05, 0.1) is 0 Å². The maximum Gasteiger partial charge on any atom is 3.00 e. The molecule has 0 aliphatic heterocycles. The number of hydrogen-bond acceptors (Lipinski definition) is 0. The minimum Gasteiger partial charge on any atom is -2.00 e. The van der Waals surface area contributed by atoms with Gasteiger partial charge in [-0.15, -0.1) is 0 Å². The van der Waals surface area contributed by atoms with Gasteiger partial charge in [-0.2, -0.15) is 0 Å². The molecule has 0 amide bonds. The second-order valence-corrected chi connectivity index (χ2v) is 0. The van der Waals surface area contributed by atoms with Crippen LogP contribution in [0.25, 0.3) is 0 Å². The topological polar surface area (TPSA) is 0 Å². The van der Waals surface area contributed by atoms with Crippen molar-refractivity contribution in [2.45, 2.75) is 0 Å². The van der Waals surface area contributed by atoms with E-state index in [9.17, 15) is 0 Å². The molecule has 0 aromatic heterocycles. The average Bonchev–Trinajstić information content (AvgIpc) is 0. The summed E-state index contributed by atoms with van der Waals surface area (Å²) in [5.74, 6) is 0. The zero-order chi connectivity index (χ0) is 0. The summed E-state index contributed by atoms with van der Waals surface area (Å²) in [5, 5.41) is 0. The largest absolute Gasteiger partial charge is 3.00 e. The summed E-state index contributed by atoms with van der Waals surface area (Å²) in [4.78, 5) is 0. The van der Waals surface area contributed by atoms with Crippen LogP contribution in [0.4, 0.5) is 0 Å². The van der Waals surface area contributed by atoms with Gasteiger partial charge >= 0.3 is 76.3 Å². The van der Waals surface area contributed by atoms with Crippen LogP contribution in [0.1, 0.15) is 0 Å². The van der Waals surface area contributed by atoms with Crippen molar-refractivity contribution in [1.29, 1.82) is 0 Å². The van der Waals surface area contributed by atoms with Crippen LogP contribution < -0.4 is 0 Å². The molecule has 0 unspecified atom stereocenters. The van der Waals surface area contributed by atoms with E-state index in [1.807, 2.05) is 0 Å². The van der Waals surface area contributed by atoms with Crippen LogP contribution in [-0.2, 0) is 40.5 Å². The second-order valence-electron chi connectivity index (χ2n) is 0. The SMILES string of the molecule is [Dy+3].[Dy+3].[Dy].[S-2].[S-2].[S-2]. The van der Waals surface area contributed by atoms with Crippen molar-refractivity contribution in [3.63, 3.8) is 0 Å². The molecule has 0 rings (SSSR count). The smallest absolute Gasteiger partial charge is 2.00 e. The molecule has 0 fully saturated rings. The predicted octanol–water partition coefficient (Wildman–Crippen LogP) is -0.00720. The van der Waals surface area contributed by atoms with Crippen molar-refractivity contribution in [1.82, 2.24) is 0 Å². The monoisotopic (exact) mass is 588 g/mol. The number of rotatable bonds is 0. The van der Waals surface area contributed by atoms with Gasteiger partial charge in [0, 0.05) is 38.2 Å². The minimum atomic E-state index is 0. The molecule has 0 bridgehead atoms. The molecule has 0 aromatic rings. The molecule has 0 aliphatic rings. The van der Waals surface area contributed by atoms with E-state index < -0.39 is 0 Å². The summed E-state index contributed by atoms with van der Waals surface area (Å²) in [5.41, 5.74) is 0. The van der Waals surface area contributed by atoms with Crippen LogP contribution in [0.15, 0.2) is 0 Å². The van der Waals surface area contributed by atoms with Gasteiger partial charge < -0.3 is 40.5 Å². The summed E-state index contributed by atoms with van der Waals surface area (Å²) in [6, 6.07) is 0. The van der Waals surface area contributed by atoms with Crippen LogP contribution in [0.3, 0.4) is 0 Å². The quantitative estimate of drug-likeness (QED) is 0.377. The van der Waals surface area contributed by atoms with Crippen molar-refractivity contribution in [2.75, 3.05) is 0 Å². The Bertz CT molecular complexity index is 6.00. The standard InChI is InChI=1S/3Dy.3S/q;2*+3;3*-2. The maximum absolute atomic E-state index is 0. The van der Waals surface area contributed by atoms with E-state index in [4.69, 9.17) is 0 Å². The minimum absolute atomic E-state index is 0. The van der Waals surface area contributed by atoms with E-state index in [-0.39, 0.29) is 155 Å². The summed E-state index contributed by atoms with van der Waals surface area (Å²) in [7, 11) is 0. The summed E-state index contributed by atoms with van der Waals surface area (Å²) >= 11 is 0. The van der Waals surface area contributed by atoms with Gasteiger partial charge in [-0.25, -0.2) is 0 Å². The zero-order valence-corrected chi connectivity index (χ0v) is 10.7. The van der Waals surface area contributed by atoms with Gasteiger partial charge in [-0.05, 0) is 0 Å². The third-order valence-electron chi connectivity index (χ3n) is 0. The Labute approximate surface area is 151 Å². The summed E-state index contributed by atoms with van der Waals surface area (Å²) < 4.78 is 0. The molecule has 6 heteroatoms. The van der Waals surface area contributed by atoms with E-state index >= 15 is 0 Å². The Hall–Kier alpha value is 4.87. The van der Waals surface area contributed by atoms with Crippen LogP contribution in [0, 0.1) is 115 Å². The van der Waals surface area contributed by atoms with Gasteiger partial charge in [-0.3, -0.25) is 0 Å². The van der Waals surface area contributed by atoms with Crippen LogP contribution in [-0.4, -0.2) is 0 Å². The first-order valence-corrected chi connectivity index (χ1v) is 0. The Morgan fingerprint density at radius 3 is 0.500 bits per heavy atom. The van der Waals surface area contributed by atoms with Gasteiger partial charge in [0.2, 0.25) is 0 Å². The summed E-state index contributed by atoms with van der Waals surface area (Å²) in [6.45, 7) is 0. The third kappa shape index (κ3) is 23.2. The molecule has 2 radical (unpaired) electrons. The molecule has 0 N–H and O–H groups in total. The molecule has 48 valence electrons. The third-order valence-corrected chi connectivity index (χ3v) is 0. The van der Waals surface area contributed by atoms with Gasteiger partial charge in [0.1, 0.15) is 0 Å². The van der Waals surface area contributed by atoms with Crippen molar-refractivity contribution >= 4 is 40.5 Å². The fourth-order valence-electron chi connectivity index (χ4n) is 0. The molecule has 6 heavy (non-hydrogen) atoms. The Morgan fingerprint density at radius 2 is 0.500 bits per heavy atom. The Morgan fingerprint density at radius 1 is 0.500 bits per heavy atom. The molecule has 0 heterocycles. The molecule has 0 spiro atoms. The van der Waals surface area contributed by atoms with Crippen molar-refractivity contribution in [2.24, 2.45) is 0 Å². The molecule has 0 atom stereocenters. The van der Waals surface area contributed by atoms with E-state index in [0.717, 1.165) is 0 Å². The summed E-state index contributed by atoms with van der Waals surface area (Å²) in [6.07, 6.45) is 0. The predicted molar refractivity (Wildman–Crippen MR) is 22.1 cm³/mol. The fraction of sp³-hybridized carbons (Fsp3) is 0. The molecular weight excluding hydrogens is 584 g/mol. The first-order chi connectivity index (χ1) is 0. The average molecular weight is 584 g/mol. The first-order valence-electron chi connectivity index (χ1n) is 0. The van der Waals surface area contributed by atoms with Gasteiger partial charge in [0.25, 0.3) is 0 Å². The fourth-order valence-corrected chi connectivity index (χ4v) is 0. The molecule has 0 aromatic carbocycles. The van der Waals surface area contributed by atoms with E-state index in [1.165, 1.54) is 0 Å². The molecule has 0 aliphatic carbocycles. The van der Waals surface area contributed by atoms with Crippen LogP contribution >= 0.6 is 0 Å². The normalized spacial score (nSPS) is 0. The molecular formula is Dy3S3. The van der Waals surface area contributed by atoms with Crippen LogP contribution in [0.2, 0.25) is 0 Å². The van der Waals surface area contributed by atoms with E-state index in [0.29, 0.717) is 0 Å². The molecule has 0 saturated heterocycles. The first kappa shape index (κ1) is 44.7. The zero-order valence-electron chi connectivity index (χ0n) is 2.17. The van der Waals surface area contributed by atoms with Crippen molar-refractivity contribution in [3.05, 3.63) is 0 Å². The molecule has 0 nitrogen and oxygen atoms in total. The van der Waals surface area contributed by atoms with E-state index in [2.05, 4.69) is 0 Å². The second kappa shape index (κ2) is 32.7. The van der Waals surface area contributed by atoms with Crippen LogP contribution in [0.5, 0.6) is 0 Å². The molecule has 0 saturated carbocycles. The number of hydrogen-bond donors (Lipinski definition) is 0. The van der Waals surface area contributed by atoms with Crippen molar-refractivity contribution in [3.8, 4) is 0 Å². The Kier molecular flexibility index (Phi) is 244. The maximum atomic E-state index is 0. The van der Waals surface area contributed by atoms with Gasteiger partial charge in [-0.1, -0.05) is 0 Å². The van der Waals surface area contributed by atoms with E-state index in [1.54, 1.807) is 0 Å². The van der Waals surface area contributed by atoms with Gasteiger partial charge in [0.15, 0.2) is 0 Å². The Balaban J connectivity index is 0.